The predicted molar refractivity (Wildman–Crippen MR) is 110 cm³/mol. The molecule has 2 aromatic carbocycles. The summed E-state index contributed by atoms with van der Waals surface area (Å²) >= 11 is 0. The average Bonchev–Trinajstić information content (AvgIpc) is 3.46. The number of hydrogen-bond donors (Lipinski definition) is 2. The molecule has 0 bridgehead atoms. The normalized spacial score (nSPS) is 10.5. The Hall–Kier alpha value is -4.27. The molecule has 0 saturated carbocycles. The van der Waals surface area contributed by atoms with Crippen LogP contribution in [0.15, 0.2) is 79.3 Å². The zero-order chi connectivity index (χ0) is 20.8. The van der Waals surface area contributed by atoms with Gasteiger partial charge in [-0.1, -0.05) is 35.5 Å². The molecule has 2 amide bonds. The molecule has 0 unspecified atom stereocenters. The molecule has 150 valence electrons. The Balaban J connectivity index is 1.27. The molecule has 0 fully saturated rings. The maximum Gasteiger partial charge on any atom is 0.273 e. The van der Waals surface area contributed by atoms with Gasteiger partial charge in [0, 0.05) is 18.1 Å². The lowest BCUT2D eigenvalue weighted by Crippen LogP contribution is -2.33. The molecule has 0 saturated heterocycles. The number of carbonyl (C=O) groups is 2. The molecule has 9 heteroatoms. The lowest BCUT2D eigenvalue weighted by molar-refractivity contribution is -0.115. The first kappa shape index (κ1) is 19.1. The Morgan fingerprint density at radius 2 is 1.77 bits per heavy atom. The van der Waals surface area contributed by atoms with Gasteiger partial charge in [0.2, 0.25) is 5.91 Å². The van der Waals surface area contributed by atoms with Crippen LogP contribution in [0.1, 0.15) is 16.1 Å². The van der Waals surface area contributed by atoms with Gasteiger partial charge in [-0.15, -0.1) is 5.10 Å². The maximum atomic E-state index is 12.2. The van der Waals surface area contributed by atoms with Crippen LogP contribution in [-0.4, -0.2) is 43.1 Å². The van der Waals surface area contributed by atoms with Crippen LogP contribution in [0, 0.1) is 0 Å². The van der Waals surface area contributed by atoms with Gasteiger partial charge in [0.25, 0.3) is 5.91 Å². The summed E-state index contributed by atoms with van der Waals surface area (Å²) in [6, 6.07) is 18.8. The van der Waals surface area contributed by atoms with E-state index in [0.717, 1.165) is 11.3 Å². The topological polar surface area (TPSA) is 107 Å². The summed E-state index contributed by atoms with van der Waals surface area (Å²) in [7, 11) is 0. The minimum Gasteiger partial charge on any atom is -0.342 e. The van der Waals surface area contributed by atoms with E-state index in [4.69, 9.17) is 0 Å². The van der Waals surface area contributed by atoms with Crippen LogP contribution in [0.25, 0.3) is 5.69 Å². The Kier molecular flexibility index (Phi) is 5.61. The van der Waals surface area contributed by atoms with Crippen molar-refractivity contribution in [2.75, 3.05) is 11.9 Å². The lowest BCUT2D eigenvalue weighted by atomic mass is 10.2. The van der Waals surface area contributed by atoms with E-state index in [1.54, 1.807) is 33.9 Å². The Morgan fingerprint density at radius 1 is 0.967 bits per heavy atom. The van der Waals surface area contributed by atoms with E-state index in [-0.39, 0.29) is 18.1 Å². The molecule has 30 heavy (non-hydrogen) atoms. The molecule has 0 spiro atoms. The fraction of sp³-hybridized carbons (Fsp3) is 0.0952. The van der Waals surface area contributed by atoms with E-state index in [1.807, 2.05) is 54.7 Å². The Bertz CT molecular complexity index is 1120. The van der Waals surface area contributed by atoms with Crippen molar-refractivity contribution in [1.82, 2.24) is 30.1 Å². The zero-order valence-corrected chi connectivity index (χ0v) is 16.0. The van der Waals surface area contributed by atoms with E-state index < -0.39 is 5.91 Å². The average molecular weight is 401 g/mol. The van der Waals surface area contributed by atoms with Crippen molar-refractivity contribution in [3.05, 3.63) is 90.5 Å². The summed E-state index contributed by atoms with van der Waals surface area (Å²) in [5.41, 5.74) is 2.71. The summed E-state index contributed by atoms with van der Waals surface area (Å²) in [5, 5.41) is 17.3. The van der Waals surface area contributed by atoms with E-state index in [0.29, 0.717) is 12.2 Å². The predicted octanol–water partition coefficient (Wildman–Crippen LogP) is 1.88. The molecule has 0 aliphatic heterocycles. The van der Waals surface area contributed by atoms with Crippen molar-refractivity contribution in [3.8, 4) is 5.69 Å². The number of anilines is 1. The van der Waals surface area contributed by atoms with Crippen LogP contribution < -0.4 is 10.6 Å². The molecule has 9 nitrogen and oxygen atoms in total. The van der Waals surface area contributed by atoms with Crippen molar-refractivity contribution < 1.29 is 9.59 Å². The molecule has 2 heterocycles. The van der Waals surface area contributed by atoms with Gasteiger partial charge >= 0.3 is 0 Å². The first-order valence-electron chi connectivity index (χ1n) is 9.29. The third-order valence-corrected chi connectivity index (χ3v) is 4.29. The minimum absolute atomic E-state index is 0.155. The summed E-state index contributed by atoms with van der Waals surface area (Å²) in [6.45, 7) is 0.335. The van der Waals surface area contributed by atoms with Gasteiger partial charge < -0.3 is 10.6 Å². The van der Waals surface area contributed by atoms with Crippen LogP contribution in [0.3, 0.4) is 0 Å². The quantitative estimate of drug-likeness (QED) is 0.492. The second kappa shape index (κ2) is 8.82. The zero-order valence-electron chi connectivity index (χ0n) is 16.0. The highest BCUT2D eigenvalue weighted by Crippen LogP contribution is 2.12. The second-order valence-electron chi connectivity index (χ2n) is 6.52. The van der Waals surface area contributed by atoms with Crippen LogP contribution in [-0.2, 0) is 11.3 Å². The monoisotopic (exact) mass is 401 g/mol. The number of nitrogens with one attached hydrogen (secondary N) is 2. The van der Waals surface area contributed by atoms with Crippen molar-refractivity contribution >= 4 is 17.5 Å². The second-order valence-corrected chi connectivity index (χ2v) is 6.52. The first-order valence-corrected chi connectivity index (χ1v) is 9.29. The third-order valence-electron chi connectivity index (χ3n) is 4.29. The van der Waals surface area contributed by atoms with Gasteiger partial charge in [0.15, 0.2) is 5.69 Å². The maximum absolute atomic E-state index is 12.2. The van der Waals surface area contributed by atoms with Gasteiger partial charge in [-0.2, -0.15) is 5.10 Å². The van der Waals surface area contributed by atoms with E-state index in [1.165, 1.54) is 0 Å². The van der Waals surface area contributed by atoms with Gasteiger partial charge in [0.05, 0.1) is 25.0 Å². The number of benzene rings is 2. The molecule has 4 rings (SSSR count). The van der Waals surface area contributed by atoms with Crippen molar-refractivity contribution in [1.29, 1.82) is 0 Å². The highest BCUT2D eigenvalue weighted by molar-refractivity contribution is 5.98. The van der Waals surface area contributed by atoms with Crippen molar-refractivity contribution in [2.24, 2.45) is 0 Å². The number of carbonyl (C=O) groups excluding carboxylic acids is 2. The van der Waals surface area contributed by atoms with Crippen LogP contribution in [0.2, 0.25) is 0 Å². The highest BCUT2D eigenvalue weighted by atomic mass is 16.2. The van der Waals surface area contributed by atoms with Crippen molar-refractivity contribution in [2.45, 2.75) is 6.54 Å². The minimum atomic E-state index is -0.460. The first-order chi connectivity index (χ1) is 14.7. The summed E-state index contributed by atoms with van der Waals surface area (Å²) in [5.74, 6) is -0.801. The molecule has 0 radical (unpaired) electrons. The SMILES string of the molecule is O=C(CNC(=O)c1cn(Cc2ccccc2)nn1)Nc1ccc(-n2cccn2)cc1. The van der Waals surface area contributed by atoms with Gasteiger partial charge in [-0.3, -0.25) is 9.59 Å². The molecule has 2 N–H and O–H groups in total. The molecular formula is C21H19N7O2. The standard InChI is InChI=1S/C21H19N7O2/c29-20(24-17-7-9-18(10-8-17)28-12-4-11-23-28)13-22-21(30)19-15-27(26-25-19)14-16-5-2-1-3-6-16/h1-12,15H,13-14H2,(H,22,30)(H,24,29). The number of rotatable bonds is 7. The van der Waals surface area contributed by atoms with Crippen molar-refractivity contribution in [3.63, 3.8) is 0 Å². The largest absolute Gasteiger partial charge is 0.342 e. The third kappa shape index (κ3) is 4.76. The smallest absolute Gasteiger partial charge is 0.273 e. The van der Waals surface area contributed by atoms with Gasteiger partial charge in [-0.05, 0) is 35.9 Å². The summed E-state index contributed by atoms with van der Waals surface area (Å²) in [4.78, 5) is 24.4. The molecule has 0 aliphatic rings. The lowest BCUT2D eigenvalue weighted by Gasteiger charge is -2.07. The highest BCUT2D eigenvalue weighted by Gasteiger charge is 2.12. The Morgan fingerprint density at radius 3 is 2.50 bits per heavy atom. The van der Waals surface area contributed by atoms with Gasteiger partial charge in [0.1, 0.15) is 0 Å². The summed E-state index contributed by atoms with van der Waals surface area (Å²) < 4.78 is 3.29. The molecule has 2 aromatic heterocycles. The van der Waals surface area contributed by atoms with E-state index in [2.05, 4.69) is 26.0 Å². The van der Waals surface area contributed by atoms with Crippen LogP contribution in [0.5, 0.6) is 0 Å². The van der Waals surface area contributed by atoms with Crippen LogP contribution >= 0.6 is 0 Å². The Labute approximate surface area is 172 Å². The number of amides is 2. The van der Waals surface area contributed by atoms with Gasteiger partial charge in [-0.25, -0.2) is 9.36 Å². The number of nitrogens with zero attached hydrogens (tertiary/aromatic N) is 5. The van der Waals surface area contributed by atoms with E-state index in [9.17, 15) is 9.59 Å². The molecule has 0 atom stereocenters. The van der Waals surface area contributed by atoms with E-state index >= 15 is 0 Å². The number of aromatic nitrogens is 5. The number of hydrogen-bond acceptors (Lipinski definition) is 5. The fourth-order valence-electron chi connectivity index (χ4n) is 2.83. The fourth-order valence-corrected chi connectivity index (χ4v) is 2.83. The molecule has 4 aromatic rings. The summed E-state index contributed by atoms with van der Waals surface area (Å²) in [6.07, 6.45) is 5.08. The molecule has 0 aliphatic carbocycles. The molecular weight excluding hydrogens is 382 g/mol. The van der Waals surface area contributed by atoms with Crippen LogP contribution in [0.4, 0.5) is 5.69 Å².